The lowest BCUT2D eigenvalue weighted by atomic mass is 10.0. The Bertz CT molecular complexity index is 361. The molecule has 1 N–H and O–H groups in total. The summed E-state index contributed by atoms with van der Waals surface area (Å²) in [5.41, 5.74) is 0.477. The smallest absolute Gasteiger partial charge is 0.126 e. The molecule has 1 aliphatic carbocycles. The van der Waals surface area contributed by atoms with Gasteiger partial charge in [-0.2, -0.15) is 0 Å². The van der Waals surface area contributed by atoms with E-state index in [1.807, 2.05) is 0 Å². The Morgan fingerprint density at radius 1 is 1.38 bits per heavy atom. The molecule has 1 atom stereocenters. The van der Waals surface area contributed by atoms with Crippen LogP contribution in [-0.2, 0) is 6.42 Å². The molecule has 0 heterocycles. The van der Waals surface area contributed by atoms with E-state index >= 15 is 0 Å². The summed E-state index contributed by atoms with van der Waals surface area (Å²) in [6.45, 7) is 2.93. The van der Waals surface area contributed by atoms with E-state index in [4.69, 9.17) is 0 Å². The molecule has 0 bridgehead atoms. The van der Waals surface area contributed by atoms with Crippen LogP contribution in [0.15, 0.2) is 18.2 Å². The van der Waals surface area contributed by atoms with Crippen molar-refractivity contribution in [3.63, 3.8) is 0 Å². The van der Waals surface area contributed by atoms with Gasteiger partial charge in [-0.05, 0) is 55.5 Å². The third-order valence-electron chi connectivity index (χ3n) is 2.91. The highest BCUT2D eigenvalue weighted by Gasteiger charge is 2.21. The molecule has 0 aromatic heterocycles. The van der Waals surface area contributed by atoms with Gasteiger partial charge in [-0.1, -0.05) is 6.92 Å². The van der Waals surface area contributed by atoms with Crippen LogP contribution in [0.1, 0.15) is 25.3 Å². The highest BCUT2D eigenvalue weighted by Crippen LogP contribution is 2.20. The standard InChI is InChI=1S/C13H17F2N/c1-9(8-16-12-3-4-12)6-10-7-11(14)2-5-13(10)15/h2,5,7,9,12,16H,3-4,6,8H2,1H3. The van der Waals surface area contributed by atoms with Crippen molar-refractivity contribution < 1.29 is 8.78 Å². The fraction of sp³-hybridized carbons (Fsp3) is 0.538. The Balaban J connectivity index is 1.88. The highest BCUT2D eigenvalue weighted by molar-refractivity contribution is 5.19. The lowest BCUT2D eigenvalue weighted by Crippen LogP contribution is -2.24. The zero-order valence-electron chi connectivity index (χ0n) is 9.47. The molecule has 0 amide bonds. The van der Waals surface area contributed by atoms with E-state index in [0.29, 0.717) is 23.9 Å². The summed E-state index contributed by atoms with van der Waals surface area (Å²) in [4.78, 5) is 0. The Hall–Kier alpha value is -0.960. The first-order valence-corrected chi connectivity index (χ1v) is 5.82. The molecule has 3 heteroatoms. The molecule has 0 spiro atoms. The molecular weight excluding hydrogens is 208 g/mol. The van der Waals surface area contributed by atoms with Gasteiger partial charge in [0.1, 0.15) is 11.6 Å². The lowest BCUT2D eigenvalue weighted by molar-refractivity contribution is 0.492. The molecule has 2 rings (SSSR count). The number of hydrogen-bond donors (Lipinski definition) is 1. The van der Waals surface area contributed by atoms with Gasteiger partial charge in [-0.25, -0.2) is 8.78 Å². The second-order valence-electron chi connectivity index (χ2n) is 4.73. The van der Waals surface area contributed by atoms with Gasteiger partial charge in [0.2, 0.25) is 0 Å². The van der Waals surface area contributed by atoms with Crippen LogP contribution in [0.4, 0.5) is 8.78 Å². The third kappa shape index (κ3) is 3.27. The van der Waals surface area contributed by atoms with Crippen LogP contribution >= 0.6 is 0 Å². The SMILES string of the molecule is CC(CNC1CC1)Cc1cc(F)ccc1F. The molecule has 1 saturated carbocycles. The summed E-state index contributed by atoms with van der Waals surface area (Å²) >= 11 is 0. The average Bonchev–Trinajstić information content (AvgIpc) is 3.04. The van der Waals surface area contributed by atoms with Crippen molar-refractivity contribution in [3.8, 4) is 0 Å². The van der Waals surface area contributed by atoms with Gasteiger partial charge in [-0.15, -0.1) is 0 Å². The fourth-order valence-corrected chi connectivity index (χ4v) is 1.80. The minimum atomic E-state index is -0.362. The molecular formula is C13H17F2N. The topological polar surface area (TPSA) is 12.0 Å². The summed E-state index contributed by atoms with van der Waals surface area (Å²) in [6, 6.07) is 4.32. The minimum absolute atomic E-state index is 0.306. The number of hydrogen-bond acceptors (Lipinski definition) is 1. The van der Waals surface area contributed by atoms with Crippen LogP contribution < -0.4 is 5.32 Å². The molecule has 1 aliphatic rings. The third-order valence-corrected chi connectivity index (χ3v) is 2.91. The lowest BCUT2D eigenvalue weighted by Gasteiger charge is -2.12. The minimum Gasteiger partial charge on any atom is -0.314 e. The van der Waals surface area contributed by atoms with Crippen LogP contribution in [0.2, 0.25) is 0 Å². The normalized spacial score (nSPS) is 17.4. The largest absolute Gasteiger partial charge is 0.314 e. The summed E-state index contributed by atoms with van der Waals surface area (Å²) in [6.07, 6.45) is 3.09. The van der Waals surface area contributed by atoms with E-state index in [9.17, 15) is 8.78 Å². The summed E-state index contributed by atoms with van der Waals surface area (Å²) in [5.74, 6) is -0.338. The van der Waals surface area contributed by atoms with Crippen molar-refractivity contribution >= 4 is 0 Å². The zero-order chi connectivity index (χ0) is 11.5. The van der Waals surface area contributed by atoms with Gasteiger partial charge in [0.05, 0.1) is 0 Å². The van der Waals surface area contributed by atoms with Crippen LogP contribution in [0, 0.1) is 17.6 Å². The maximum absolute atomic E-state index is 13.4. The Kier molecular flexibility index (Phi) is 3.54. The van der Waals surface area contributed by atoms with Crippen molar-refractivity contribution in [2.24, 2.45) is 5.92 Å². The summed E-state index contributed by atoms with van der Waals surface area (Å²) < 4.78 is 26.3. The van der Waals surface area contributed by atoms with Gasteiger partial charge in [0, 0.05) is 6.04 Å². The molecule has 1 unspecified atom stereocenters. The Morgan fingerprint density at radius 3 is 2.81 bits per heavy atom. The van der Waals surface area contributed by atoms with Gasteiger partial charge < -0.3 is 5.32 Å². The predicted molar refractivity (Wildman–Crippen MR) is 60.3 cm³/mol. The molecule has 1 nitrogen and oxygen atoms in total. The second-order valence-corrected chi connectivity index (χ2v) is 4.73. The number of halogens is 2. The number of benzene rings is 1. The van der Waals surface area contributed by atoms with E-state index in [2.05, 4.69) is 12.2 Å². The van der Waals surface area contributed by atoms with Crippen molar-refractivity contribution in [1.29, 1.82) is 0 Å². The molecule has 0 aliphatic heterocycles. The van der Waals surface area contributed by atoms with Gasteiger partial charge >= 0.3 is 0 Å². The quantitative estimate of drug-likeness (QED) is 0.812. The second kappa shape index (κ2) is 4.91. The molecule has 1 aromatic carbocycles. The zero-order valence-corrected chi connectivity index (χ0v) is 9.47. The first-order chi connectivity index (χ1) is 7.65. The van der Waals surface area contributed by atoms with E-state index in [0.717, 1.165) is 12.6 Å². The average molecular weight is 225 g/mol. The molecule has 1 aromatic rings. The van der Waals surface area contributed by atoms with Crippen molar-refractivity contribution in [2.75, 3.05) is 6.54 Å². The van der Waals surface area contributed by atoms with Gasteiger partial charge in [0.25, 0.3) is 0 Å². The van der Waals surface area contributed by atoms with Crippen molar-refractivity contribution in [2.45, 2.75) is 32.2 Å². The maximum atomic E-state index is 13.4. The number of nitrogens with one attached hydrogen (secondary N) is 1. The molecule has 1 fully saturated rings. The van der Waals surface area contributed by atoms with Crippen LogP contribution in [0.25, 0.3) is 0 Å². The monoisotopic (exact) mass is 225 g/mol. The van der Waals surface area contributed by atoms with E-state index in [1.54, 1.807) is 0 Å². The van der Waals surface area contributed by atoms with Crippen molar-refractivity contribution in [1.82, 2.24) is 5.32 Å². The maximum Gasteiger partial charge on any atom is 0.126 e. The van der Waals surface area contributed by atoms with E-state index < -0.39 is 0 Å². The molecule has 0 radical (unpaired) electrons. The van der Waals surface area contributed by atoms with Gasteiger partial charge in [0.15, 0.2) is 0 Å². The summed E-state index contributed by atoms with van der Waals surface area (Å²) in [5, 5.41) is 3.39. The predicted octanol–water partition coefficient (Wildman–Crippen LogP) is 2.90. The summed E-state index contributed by atoms with van der Waals surface area (Å²) in [7, 11) is 0. The molecule has 16 heavy (non-hydrogen) atoms. The fourth-order valence-electron chi connectivity index (χ4n) is 1.80. The van der Waals surface area contributed by atoms with Crippen LogP contribution in [-0.4, -0.2) is 12.6 Å². The van der Waals surface area contributed by atoms with E-state index in [-0.39, 0.29) is 11.6 Å². The van der Waals surface area contributed by atoms with Gasteiger partial charge in [-0.3, -0.25) is 0 Å². The Labute approximate surface area is 94.9 Å². The van der Waals surface area contributed by atoms with Crippen molar-refractivity contribution in [3.05, 3.63) is 35.4 Å². The number of rotatable bonds is 5. The highest BCUT2D eigenvalue weighted by atomic mass is 19.1. The molecule has 88 valence electrons. The van der Waals surface area contributed by atoms with Crippen LogP contribution in [0.5, 0.6) is 0 Å². The first-order valence-electron chi connectivity index (χ1n) is 5.82. The van der Waals surface area contributed by atoms with E-state index in [1.165, 1.54) is 25.0 Å². The van der Waals surface area contributed by atoms with Crippen LogP contribution in [0.3, 0.4) is 0 Å². The molecule has 0 saturated heterocycles. The first kappa shape index (κ1) is 11.5. The Morgan fingerprint density at radius 2 is 2.12 bits per heavy atom.